The molecule has 0 unspecified atom stereocenters. The highest BCUT2D eigenvalue weighted by molar-refractivity contribution is 5.83. The molecule has 5 rings (SSSR count). The van der Waals surface area contributed by atoms with Crippen LogP contribution in [0.5, 0.6) is 11.5 Å². The average molecular weight is 326 g/mol. The summed E-state index contributed by atoms with van der Waals surface area (Å²) in [7, 11) is 0. The Hall–Kier alpha value is -2.54. The fourth-order valence-electron chi connectivity index (χ4n) is 4.64. The smallest absolute Gasteiger partial charge is 0.132 e. The topological polar surface area (TPSA) is 9.23 Å². The van der Waals surface area contributed by atoms with Crippen LogP contribution in [-0.2, 0) is 10.8 Å². The van der Waals surface area contributed by atoms with Gasteiger partial charge in [-0.15, -0.1) is 0 Å². The van der Waals surface area contributed by atoms with Crippen molar-refractivity contribution in [2.45, 2.75) is 38.5 Å². The Balaban J connectivity index is 1.81. The van der Waals surface area contributed by atoms with E-state index in [-0.39, 0.29) is 10.8 Å². The number of benzene rings is 3. The molecule has 1 aliphatic carbocycles. The zero-order valence-electron chi connectivity index (χ0n) is 15.2. The molecule has 0 fully saturated rings. The summed E-state index contributed by atoms with van der Waals surface area (Å²) in [6.07, 6.45) is 0. The second-order valence-electron chi connectivity index (χ2n) is 8.29. The highest BCUT2D eigenvalue weighted by atomic mass is 16.5. The number of rotatable bonds is 0. The molecule has 124 valence electrons. The van der Waals surface area contributed by atoms with Gasteiger partial charge in [-0.05, 0) is 40.5 Å². The van der Waals surface area contributed by atoms with Crippen LogP contribution in [0.3, 0.4) is 0 Å². The van der Waals surface area contributed by atoms with Crippen molar-refractivity contribution in [3.05, 3.63) is 82.9 Å². The van der Waals surface area contributed by atoms with Gasteiger partial charge in [0.1, 0.15) is 11.5 Å². The minimum absolute atomic E-state index is 0.0218. The van der Waals surface area contributed by atoms with Crippen LogP contribution >= 0.6 is 0 Å². The minimum atomic E-state index is -0.0654. The van der Waals surface area contributed by atoms with Crippen LogP contribution in [-0.4, -0.2) is 0 Å². The molecule has 0 saturated heterocycles. The summed E-state index contributed by atoms with van der Waals surface area (Å²) in [6, 6.07) is 21.8. The molecule has 0 amide bonds. The van der Waals surface area contributed by atoms with Crippen molar-refractivity contribution in [3.8, 4) is 22.6 Å². The SMILES string of the molecule is CC1(C)c2ccccc2Oc2cc3c(cc21)C(C)(C)c1ccccc1-3. The molecule has 1 heterocycles. The highest BCUT2D eigenvalue weighted by Gasteiger charge is 2.40. The van der Waals surface area contributed by atoms with E-state index in [2.05, 4.69) is 82.3 Å². The Kier molecular flexibility index (Phi) is 2.69. The summed E-state index contributed by atoms with van der Waals surface area (Å²) in [5.41, 5.74) is 7.96. The van der Waals surface area contributed by atoms with E-state index in [1.54, 1.807) is 0 Å². The van der Waals surface area contributed by atoms with Crippen molar-refractivity contribution < 1.29 is 4.74 Å². The number of hydrogen-bond acceptors (Lipinski definition) is 1. The maximum Gasteiger partial charge on any atom is 0.132 e. The van der Waals surface area contributed by atoms with Gasteiger partial charge < -0.3 is 4.74 Å². The molecule has 0 spiro atoms. The minimum Gasteiger partial charge on any atom is -0.457 e. The van der Waals surface area contributed by atoms with Crippen LogP contribution in [0, 0.1) is 0 Å². The Bertz CT molecular complexity index is 1020. The van der Waals surface area contributed by atoms with E-state index in [1.807, 2.05) is 6.07 Å². The first-order valence-electron chi connectivity index (χ1n) is 8.97. The summed E-state index contributed by atoms with van der Waals surface area (Å²) < 4.78 is 6.32. The van der Waals surface area contributed by atoms with Crippen molar-refractivity contribution in [3.63, 3.8) is 0 Å². The predicted molar refractivity (Wildman–Crippen MR) is 103 cm³/mol. The number of para-hydroxylation sites is 1. The van der Waals surface area contributed by atoms with Gasteiger partial charge in [0.2, 0.25) is 0 Å². The molecule has 3 aromatic carbocycles. The summed E-state index contributed by atoms with van der Waals surface area (Å²) in [5, 5.41) is 0. The monoisotopic (exact) mass is 326 g/mol. The number of fused-ring (bicyclic) bond motifs is 5. The molecule has 0 atom stereocenters. The fourth-order valence-corrected chi connectivity index (χ4v) is 4.64. The van der Waals surface area contributed by atoms with Crippen molar-refractivity contribution >= 4 is 0 Å². The molecule has 0 bridgehead atoms. The van der Waals surface area contributed by atoms with Crippen molar-refractivity contribution in [1.29, 1.82) is 0 Å². The Morgan fingerprint density at radius 3 is 2.00 bits per heavy atom. The third-order valence-corrected chi connectivity index (χ3v) is 6.14. The van der Waals surface area contributed by atoms with Crippen LogP contribution in [0.25, 0.3) is 11.1 Å². The molecular formula is C24H22O. The third kappa shape index (κ3) is 1.79. The summed E-state index contributed by atoms with van der Waals surface area (Å²) in [4.78, 5) is 0. The van der Waals surface area contributed by atoms with Gasteiger partial charge in [-0.2, -0.15) is 0 Å². The van der Waals surface area contributed by atoms with E-state index in [0.717, 1.165) is 11.5 Å². The Labute approximate surface area is 149 Å². The second-order valence-corrected chi connectivity index (χ2v) is 8.29. The normalized spacial score (nSPS) is 17.8. The van der Waals surface area contributed by atoms with Crippen LogP contribution in [0.1, 0.15) is 49.9 Å². The zero-order chi connectivity index (χ0) is 17.4. The van der Waals surface area contributed by atoms with Crippen LogP contribution in [0.2, 0.25) is 0 Å². The summed E-state index contributed by atoms with van der Waals surface area (Å²) >= 11 is 0. The van der Waals surface area contributed by atoms with Crippen LogP contribution in [0.4, 0.5) is 0 Å². The van der Waals surface area contributed by atoms with Gasteiger partial charge in [-0.25, -0.2) is 0 Å². The maximum absolute atomic E-state index is 6.32. The van der Waals surface area contributed by atoms with Gasteiger partial charge in [-0.3, -0.25) is 0 Å². The molecule has 1 heteroatoms. The van der Waals surface area contributed by atoms with Gasteiger partial charge in [0.05, 0.1) is 0 Å². The van der Waals surface area contributed by atoms with E-state index in [0.29, 0.717) is 0 Å². The van der Waals surface area contributed by atoms with Crippen molar-refractivity contribution in [2.75, 3.05) is 0 Å². The van der Waals surface area contributed by atoms with Gasteiger partial charge in [0.25, 0.3) is 0 Å². The molecular weight excluding hydrogens is 304 g/mol. The van der Waals surface area contributed by atoms with E-state index in [4.69, 9.17) is 4.74 Å². The largest absolute Gasteiger partial charge is 0.457 e. The number of ether oxygens (including phenoxy) is 1. The molecule has 0 N–H and O–H groups in total. The average Bonchev–Trinajstić information content (AvgIpc) is 2.82. The van der Waals surface area contributed by atoms with Crippen molar-refractivity contribution in [2.24, 2.45) is 0 Å². The zero-order valence-corrected chi connectivity index (χ0v) is 15.2. The molecule has 0 saturated carbocycles. The quantitative estimate of drug-likeness (QED) is 0.463. The van der Waals surface area contributed by atoms with Gasteiger partial charge in [-0.1, -0.05) is 70.2 Å². The third-order valence-electron chi connectivity index (χ3n) is 6.14. The first-order valence-corrected chi connectivity index (χ1v) is 8.97. The van der Waals surface area contributed by atoms with Crippen molar-refractivity contribution in [1.82, 2.24) is 0 Å². The predicted octanol–water partition coefficient (Wildman–Crippen LogP) is 6.42. The molecule has 0 aromatic heterocycles. The van der Waals surface area contributed by atoms with Crippen LogP contribution < -0.4 is 4.74 Å². The van der Waals surface area contributed by atoms with E-state index in [9.17, 15) is 0 Å². The van der Waals surface area contributed by atoms with Gasteiger partial charge in [0, 0.05) is 22.0 Å². The second kappa shape index (κ2) is 4.54. The standard InChI is InChI=1S/C24H22O/c1-23(2)17-10-6-5-9-15(17)16-13-22-20(14-19(16)23)24(3,4)18-11-7-8-12-21(18)25-22/h5-14H,1-4H3. The molecule has 25 heavy (non-hydrogen) atoms. The number of hydrogen-bond donors (Lipinski definition) is 0. The molecule has 1 nitrogen and oxygen atoms in total. The summed E-state index contributed by atoms with van der Waals surface area (Å²) in [6.45, 7) is 9.26. The molecule has 3 aromatic rings. The Morgan fingerprint density at radius 2 is 1.20 bits per heavy atom. The van der Waals surface area contributed by atoms with Crippen LogP contribution in [0.15, 0.2) is 60.7 Å². The maximum atomic E-state index is 6.32. The van der Waals surface area contributed by atoms with Gasteiger partial charge in [0.15, 0.2) is 0 Å². The fraction of sp³-hybridized carbons (Fsp3) is 0.250. The first kappa shape index (κ1) is 14.8. The van der Waals surface area contributed by atoms with Gasteiger partial charge >= 0.3 is 0 Å². The summed E-state index contributed by atoms with van der Waals surface area (Å²) in [5.74, 6) is 1.97. The lowest BCUT2D eigenvalue weighted by molar-refractivity contribution is 0.417. The first-order chi connectivity index (χ1) is 11.9. The lowest BCUT2D eigenvalue weighted by Gasteiger charge is -2.35. The Morgan fingerprint density at radius 1 is 0.560 bits per heavy atom. The van der Waals surface area contributed by atoms with E-state index in [1.165, 1.54) is 33.4 Å². The lowest BCUT2D eigenvalue weighted by Crippen LogP contribution is -2.25. The lowest BCUT2D eigenvalue weighted by atomic mass is 9.73. The molecule has 1 aliphatic heterocycles. The van der Waals surface area contributed by atoms with E-state index >= 15 is 0 Å². The highest BCUT2D eigenvalue weighted by Crippen LogP contribution is 2.55. The molecule has 2 aliphatic rings. The molecule has 0 radical (unpaired) electrons. The van der Waals surface area contributed by atoms with E-state index < -0.39 is 0 Å².